The Kier molecular flexibility index (Phi) is 22.1. The van der Waals surface area contributed by atoms with E-state index in [9.17, 15) is 5.11 Å². The molecule has 0 aliphatic carbocycles. The SMILES string of the molecule is C1CCOC1.CN(C)CCN=Cc1cc(C(C)(C)C)cc(C(C)(C)C)c1[O-].C[Si](C)(C)[N-][Si](C)(C)C.[Ca+2].c1ccccc1. The maximum absolute atomic E-state index is 12.7. The van der Waals surface area contributed by atoms with Gasteiger partial charge in [0.05, 0.1) is 6.54 Å². The van der Waals surface area contributed by atoms with Gasteiger partial charge in [0.25, 0.3) is 0 Å². The maximum Gasteiger partial charge on any atom is 2.00 e. The zero-order chi connectivity index (χ0) is 32.6. The van der Waals surface area contributed by atoms with E-state index < -0.39 is 16.5 Å². The van der Waals surface area contributed by atoms with Crippen molar-refractivity contribution in [3.63, 3.8) is 0 Å². The van der Waals surface area contributed by atoms with Crippen LogP contribution < -0.4 is 5.11 Å². The number of likely N-dealkylation sites (N-methyl/N-ethyl adjacent to an activating group) is 1. The van der Waals surface area contributed by atoms with Crippen LogP contribution in [0.15, 0.2) is 53.5 Å². The summed E-state index contributed by atoms with van der Waals surface area (Å²) in [6.07, 6.45) is 4.30. The van der Waals surface area contributed by atoms with Crippen LogP contribution in [-0.4, -0.2) is 106 Å². The van der Waals surface area contributed by atoms with Gasteiger partial charge < -0.3 is 19.4 Å². The molecule has 2 aromatic rings. The van der Waals surface area contributed by atoms with Gasteiger partial charge in [0, 0.05) is 26.0 Å². The quantitative estimate of drug-likeness (QED) is 0.232. The Hall–Kier alpha value is -0.516. The molecule has 0 radical (unpaired) electrons. The van der Waals surface area contributed by atoms with Gasteiger partial charge in [-0.2, -0.15) is 0 Å². The Morgan fingerprint density at radius 1 is 0.814 bits per heavy atom. The average molecular weight is 654 g/mol. The second kappa shape index (κ2) is 21.3. The predicted molar refractivity (Wildman–Crippen MR) is 197 cm³/mol. The van der Waals surface area contributed by atoms with Gasteiger partial charge in [-0.3, -0.25) is 4.99 Å². The summed E-state index contributed by atoms with van der Waals surface area (Å²) in [6, 6.07) is 16.1. The minimum atomic E-state index is -1.11. The molecule has 0 bridgehead atoms. The van der Waals surface area contributed by atoms with Crippen LogP contribution in [0.5, 0.6) is 5.75 Å². The van der Waals surface area contributed by atoms with Gasteiger partial charge in [0.1, 0.15) is 0 Å². The average Bonchev–Trinajstić information content (AvgIpc) is 3.41. The van der Waals surface area contributed by atoms with Gasteiger partial charge in [0.2, 0.25) is 0 Å². The fourth-order valence-electron chi connectivity index (χ4n) is 4.06. The van der Waals surface area contributed by atoms with Crippen molar-refractivity contribution in [1.29, 1.82) is 0 Å². The molecule has 1 fully saturated rings. The summed E-state index contributed by atoms with van der Waals surface area (Å²) in [7, 11) is 1.83. The van der Waals surface area contributed by atoms with Gasteiger partial charge >= 0.3 is 37.7 Å². The summed E-state index contributed by atoms with van der Waals surface area (Å²) < 4.78 is 9.76. The second-order valence-electron chi connectivity index (χ2n) is 15.2. The molecule has 1 heterocycles. The first-order valence-corrected chi connectivity index (χ1v) is 22.4. The van der Waals surface area contributed by atoms with Crippen molar-refractivity contribution < 1.29 is 9.84 Å². The number of nitrogens with zero attached hydrogens (tertiary/aromatic N) is 3. The summed E-state index contributed by atoms with van der Waals surface area (Å²) in [5, 5.41) is 12.7. The summed E-state index contributed by atoms with van der Waals surface area (Å²) >= 11 is 0. The van der Waals surface area contributed by atoms with Crippen molar-refractivity contribution in [1.82, 2.24) is 4.90 Å². The maximum atomic E-state index is 12.7. The fraction of sp³-hybridized carbons (Fsp3) is 0.629. The van der Waals surface area contributed by atoms with E-state index in [-0.39, 0.29) is 54.3 Å². The molecular weight excluding hydrogens is 591 g/mol. The Morgan fingerprint density at radius 3 is 1.53 bits per heavy atom. The molecule has 43 heavy (non-hydrogen) atoms. The van der Waals surface area contributed by atoms with Crippen LogP contribution in [0.4, 0.5) is 0 Å². The van der Waals surface area contributed by atoms with Crippen LogP contribution in [-0.2, 0) is 15.6 Å². The monoisotopic (exact) mass is 653 g/mol. The van der Waals surface area contributed by atoms with Crippen molar-refractivity contribution in [2.75, 3.05) is 40.4 Å². The minimum absolute atomic E-state index is 0. The number of ether oxygens (including phenoxy) is 1. The standard InChI is InChI=1S/C19H32N2O.C6H18NSi2.C6H6.C4H8O.Ca/c1-18(2,3)15-11-14(13-20-9-10-21(7)8)17(22)16(12-15)19(4,5)6;1-8(2,3)7-9(4,5)6;1-2-4-6-5-3-1;1-2-4-5-3-1;/h11-13,22H,9-10H2,1-8H3;1-6H3;1-6H;1-4H2;/q;-1;;;+2/p-1. The van der Waals surface area contributed by atoms with E-state index in [0.717, 1.165) is 25.3 Å². The molecule has 0 atom stereocenters. The fourth-order valence-corrected chi connectivity index (χ4v) is 12.1. The molecule has 8 heteroatoms. The van der Waals surface area contributed by atoms with Crippen LogP contribution in [0.2, 0.25) is 39.3 Å². The van der Waals surface area contributed by atoms with Gasteiger partial charge in [0.15, 0.2) is 0 Å². The summed E-state index contributed by atoms with van der Waals surface area (Å²) in [6.45, 7) is 30.1. The molecule has 5 nitrogen and oxygen atoms in total. The largest absolute Gasteiger partial charge is 2.00 e. The molecule has 0 spiro atoms. The zero-order valence-corrected chi connectivity index (χ0v) is 34.5. The minimum Gasteiger partial charge on any atom is -0.872 e. The van der Waals surface area contributed by atoms with E-state index >= 15 is 0 Å². The van der Waals surface area contributed by atoms with Crippen LogP contribution in [0.3, 0.4) is 0 Å². The van der Waals surface area contributed by atoms with Crippen molar-refractivity contribution >= 4 is 60.4 Å². The summed E-state index contributed by atoms with van der Waals surface area (Å²) in [5.41, 5.74) is 2.61. The third kappa shape index (κ3) is 24.4. The molecule has 0 unspecified atom stereocenters. The molecular formula is C35H63CaN3O2Si2. The van der Waals surface area contributed by atoms with Crippen LogP contribution in [0.1, 0.15) is 71.1 Å². The second-order valence-corrected chi connectivity index (χ2v) is 24.8. The molecule has 0 amide bonds. The number of benzene rings is 2. The zero-order valence-electron chi connectivity index (χ0n) is 30.3. The molecule has 0 saturated carbocycles. The Bertz CT molecular complexity index is 971. The van der Waals surface area contributed by atoms with Crippen molar-refractivity contribution in [3.8, 4) is 5.75 Å². The molecule has 1 saturated heterocycles. The first kappa shape index (κ1) is 44.6. The Morgan fingerprint density at radius 2 is 1.26 bits per heavy atom. The third-order valence-electron chi connectivity index (χ3n) is 5.86. The first-order valence-electron chi connectivity index (χ1n) is 15.5. The van der Waals surface area contributed by atoms with E-state index in [1.54, 1.807) is 6.21 Å². The molecule has 1 aliphatic rings. The van der Waals surface area contributed by atoms with Gasteiger partial charge in [-0.1, -0.05) is 152 Å². The number of aliphatic imine (C=N–C) groups is 1. The van der Waals surface area contributed by atoms with Gasteiger partial charge in [-0.25, -0.2) is 0 Å². The van der Waals surface area contributed by atoms with E-state index in [1.807, 2.05) is 56.6 Å². The van der Waals surface area contributed by atoms with Crippen LogP contribution >= 0.6 is 0 Å². The molecule has 0 N–H and O–H groups in total. The molecule has 3 rings (SSSR count). The molecule has 2 aromatic carbocycles. The summed E-state index contributed by atoms with van der Waals surface area (Å²) in [4.78, 5) is 6.51. The van der Waals surface area contributed by atoms with Crippen molar-refractivity contribution in [3.05, 3.63) is 69.9 Å². The Labute approximate surface area is 298 Å². The van der Waals surface area contributed by atoms with Gasteiger partial charge in [-0.05, 0) is 54.5 Å². The molecule has 240 valence electrons. The third-order valence-corrected chi connectivity index (χ3v) is 11.2. The van der Waals surface area contributed by atoms with E-state index in [4.69, 9.17) is 9.38 Å². The summed E-state index contributed by atoms with van der Waals surface area (Å²) in [5.74, 6) is 0.106. The van der Waals surface area contributed by atoms with E-state index in [2.05, 4.69) is 96.8 Å². The Balaban J connectivity index is 0. The van der Waals surface area contributed by atoms with Crippen LogP contribution in [0.25, 0.3) is 4.65 Å². The van der Waals surface area contributed by atoms with E-state index in [0.29, 0.717) is 12.1 Å². The number of hydrogen-bond acceptors (Lipinski definition) is 4. The first-order chi connectivity index (χ1) is 19.1. The number of hydrogen-bond donors (Lipinski definition) is 0. The van der Waals surface area contributed by atoms with Crippen molar-refractivity contribution in [2.24, 2.45) is 4.99 Å². The number of rotatable bonds is 6. The van der Waals surface area contributed by atoms with E-state index in [1.165, 1.54) is 18.4 Å². The predicted octanol–water partition coefficient (Wildman–Crippen LogP) is 8.47. The smallest absolute Gasteiger partial charge is 0.872 e. The molecule has 1 aliphatic heterocycles. The normalized spacial score (nSPS) is 13.7. The van der Waals surface area contributed by atoms with Gasteiger partial charge in [-0.15, -0.1) is 0 Å². The van der Waals surface area contributed by atoms with Crippen LogP contribution in [0, 0.1) is 0 Å². The van der Waals surface area contributed by atoms with Crippen molar-refractivity contribution in [2.45, 2.75) is 104 Å². The molecule has 0 aromatic heterocycles. The topological polar surface area (TPSA) is 62.0 Å².